The molecule has 1 aromatic carbocycles. The Bertz CT molecular complexity index is 391. The minimum absolute atomic E-state index is 0.195. The summed E-state index contributed by atoms with van der Waals surface area (Å²) in [5.74, 6) is 2.38. The number of para-hydroxylation sites is 1. The number of hydrogen-bond acceptors (Lipinski definition) is 3. The molecule has 0 fully saturated rings. The van der Waals surface area contributed by atoms with Crippen molar-refractivity contribution in [3.8, 4) is 11.5 Å². The van der Waals surface area contributed by atoms with E-state index in [1.54, 1.807) is 0 Å². The first kappa shape index (κ1) is 16.8. The maximum atomic E-state index is 6.07. The molecule has 1 unspecified atom stereocenters. The van der Waals surface area contributed by atoms with Crippen LogP contribution in [0.15, 0.2) is 18.2 Å². The third kappa shape index (κ3) is 5.41. The molecule has 0 saturated heterocycles. The molecule has 3 heteroatoms. The Kier molecular flexibility index (Phi) is 7.45. The molecular weight excluding hydrogens is 250 g/mol. The van der Waals surface area contributed by atoms with Crippen LogP contribution in [0.4, 0.5) is 0 Å². The molecule has 0 aliphatic carbocycles. The zero-order chi connectivity index (χ0) is 15.0. The SMILES string of the molecule is CCOc1cccc(CNCC(C)C)c1OC(C)CC. The van der Waals surface area contributed by atoms with Crippen LogP contribution in [-0.2, 0) is 6.54 Å². The topological polar surface area (TPSA) is 30.5 Å². The van der Waals surface area contributed by atoms with Gasteiger partial charge in [0.2, 0.25) is 0 Å². The molecule has 1 rings (SSSR count). The van der Waals surface area contributed by atoms with Crippen molar-refractivity contribution in [1.82, 2.24) is 5.32 Å². The summed E-state index contributed by atoms with van der Waals surface area (Å²) in [6.07, 6.45) is 1.18. The van der Waals surface area contributed by atoms with E-state index in [9.17, 15) is 0 Å². The molecule has 0 spiro atoms. The molecule has 3 nitrogen and oxygen atoms in total. The van der Waals surface area contributed by atoms with Crippen molar-refractivity contribution in [1.29, 1.82) is 0 Å². The average Bonchev–Trinajstić information content (AvgIpc) is 2.41. The van der Waals surface area contributed by atoms with Gasteiger partial charge in [0.1, 0.15) is 0 Å². The molecule has 0 amide bonds. The molecule has 114 valence electrons. The molecule has 0 heterocycles. The van der Waals surface area contributed by atoms with Gasteiger partial charge in [-0.25, -0.2) is 0 Å². The van der Waals surface area contributed by atoms with Crippen molar-refractivity contribution >= 4 is 0 Å². The highest BCUT2D eigenvalue weighted by Crippen LogP contribution is 2.32. The van der Waals surface area contributed by atoms with Gasteiger partial charge in [-0.2, -0.15) is 0 Å². The summed E-state index contributed by atoms with van der Waals surface area (Å²) in [7, 11) is 0. The minimum Gasteiger partial charge on any atom is -0.490 e. The molecule has 0 saturated carbocycles. The molecular formula is C17H29NO2. The Morgan fingerprint density at radius 3 is 2.50 bits per heavy atom. The lowest BCUT2D eigenvalue weighted by atomic mass is 10.1. The van der Waals surface area contributed by atoms with Crippen LogP contribution in [0.25, 0.3) is 0 Å². The predicted molar refractivity (Wildman–Crippen MR) is 84.5 cm³/mol. The van der Waals surface area contributed by atoms with E-state index in [-0.39, 0.29) is 6.10 Å². The highest BCUT2D eigenvalue weighted by atomic mass is 16.5. The van der Waals surface area contributed by atoms with E-state index in [4.69, 9.17) is 9.47 Å². The van der Waals surface area contributed by atoms with Gasteiger partial charge in [-0.3, -0.25) is 0 Å². The second kappa shape index (κ2) is 8.85. The van der Waals surface area contributed by atoms with Crippen LogP contribution in [-0.4, -0.2) is 19.3 Å². The number of ether oxygens (including phenoxy) is 2. The fourth-order valence-corrected chi connectivity index (χ4v) is 1.88. The molecule has 0 aliphatic rings. The van der Waals surface area contributed by atoms with E-state index in [1.165, 1.54) is 0 Å². The van der Waals surface area contributed by atoms with Gasteiger partial charge < -0.3 is 14.8 Å². The number of rotatable bonds is 9. The summed E-state index contributed by atoms with van der Waals surface area (Å²) in [5, 5.41) is 3.47. The van der Waals surface area contributed by atoms with Crippen molar-refractivity contribution in [2.24, 2.45) is 5.92 Å². The van der Waals surface area contributed by atoms with Crippen LogP contribution in [0.3, 0.4) is 0 Å². The maximum absolute atomic E-state index is 6.07. The molecule has 20 heavy (non-hydrogen) atoms. The number of benzene rings is 1. The summed E-state index contributed by atoms with van der Waals surface area (Å²) in [4.78, 5) is 0. The van der Waals surface area contributed by atoms with Gasteiger partial charge in [0.25, 0.3) is 0 Å². The highest BCUT2D eigenvalue weighted by molar-refractivity contribution is 5.46. The van der Waals surface area contributed by atoms with Gasteiger partial charge >= 0.3 is 0 Å². The van der Waals surface area contributed by atoms with Crippen LogP contribution in [0.1, 0.15) is 46.6 Å². The van der Waals surface area contributed by atoms with E-state index in [1.807, 2.05) is 19.1 Å². The maximum Gasteiger partial charge on any atom is 0.166 e. The molecule has 0 aromatic heterocycles. The first-order valence-electron chi connectivity index (χ1n) is 7.70. The quantitative estimate of drug-likeness (QED) is 0.741. The Morgan fingerprint density at radius 1 is 1.15 bits per heavy atom. The Hall–Kier alpha value is -1.22. The lowest BCUT2D eigenvalue weighted by Gasteiger charge is -2.20. The van der Waals surface area contributed by atoms with Gasteiger partial charge in [0.05, 0.1) is 12.7 Å². The van der Waals surface area contributed by atoms with Crippen molar-refractivity contribution < 1.29 is 9.47 Å². The second-order valence-electron chi connectivity index (χ2n) is 5.54. The summed E-state index contributed by atoms with van der Waals surface area (Å²) >= 11 is 0. The molecule has 0 bridgehead atoms. The number of nitrogens with one attached hydrogen (secondary N) is 1. The fraction of sp³-hybridized carbons (Fsp3) is 0.647. The highest BCUT2D eigenvalue weighted by Gasteiger charge is 2.13. The first-order valence-corrected chi connectivity index (χ1v) is 7.70. The fourth-order valence-electron chi connectivity index (χ4n) is 1.88. The summed E-state index contributed by atoms with van der Waals surface area (Å²) in [6, 6.07) is 6.11. The zero-order valence-corrected chi connectivity index (χ0v) is 13.5. The molecule has 1 atom stereocenters. The predicted octanol–water partition coefficient (Wildman–Crippen LogP) is 4.01. The van der Waals surface area contributed by atoms with Gasteiger partial charge in [-0.05, 0) is 38.8 Å². The van der Waals surface area contributed by atoms with Crippen LogP contribution < -0.4 is 14.8 Å². The summed E-state index contributed by atoms with van der Waals surface area (Å²) in [5.41, 5.74) is 1.16. The van der Waals surface area contributed by atoms with Gasteiger partial charge in [-0.15, -0.1) is 0 Å². The lowest BCUT2D eigenvalue weighted by molar-refractivity contribution is 0.200. The van der Waals surface area contributed by atoms with E-state index in [2.05, 4.69) is 39.1 Å². The van der Waals surface area contributed by atoms with E-state index in [0.717, 1.165) is 36.6 Å². The normalized spacial score (nSPS) is 12.5. The smallest absolute Gasteiger partial charge is 0.166 e. The standard InChI is InChI=1S/C17H29NO2/c1-6-14(5)20-17-15(12-18-11-13(3)4)9-8-10-16(17)19-7-2/h8-10,13-14,18H,6-7,11-12H2,1-5H3. The first-order chi connectivity index (χ1) is 9.58. The van der Waals surface area contributed by atoms with Gasteiger partial charge in [0.15, 0.2) is 11.5 Å². The number of hydrogen-bond donors (Lipinski definition) is 1. The average molecular weight is 279 g/mol. The third-order valence-corrected chi connectivity index (χ3v) is 3.12. The van der Waals surface area contributed by atoms with E-state index >= 15 is 0 Å². The van der Waals surface area contributed by atoms with Gasteiger partial charge in [0, 0.05) is 12.1 Å². The summed E-state index contributed by atoms with van der Waals surface area (Å²) < 4.78 is 11.8. The minimum atomic E-state index is 0.195. The Labute approximate surface area is 123 Å². The molecule has 0 radical (unpaired) electrons. The van der Waals surface area contributed by atoms with Crippen LogP contribution in [0, 0.1) is 5.92 Å². The van der Waals surface area contributed by atoms with Crippen molar-refractivity contribution in [3.63, 3.8) is 0 Å². The lowest BCUT2D eigenvalue weighted by Crippen LogP contribution is -2.20. The second-order valence-corrected chi connectivity index (χ2v) is 5.54. The molecule has 1 aromatic rings. The third-order valence-electron chi connectivity index (χ3n) is 3.12. The van der Waals surface area contributed by atoms with Crippen molar-refractivity contribution in [2.45, 2.75) is 53.7 Å². The zero-order valence-electron chi connectivity index (χ0n) is 13.5. The van der Waals surface area contributed by atoms with Crippen molar-refractivity contribution in [3.05, 3.63) is 23.8 Å². The monoisotopic (exact) mass is 279 g/mol. The van der Waals surface area contributed by atoms with E-state index in [0.29, 0.717) is 12.5 Å². The Balaban J connectivity index is 2.86. The molecule has 1 N–H and O–H groups in total. The Morgan fingerprint density at radius 2 is 1.90 bits per heavy atom. The largest absolute Gasteiger partial charge is 0.490 e. The molecule has 0 aliphatic heterocycles. The van der Waals surface area contributed by atoms with E-state index < -0.39 is 0 Å². The van der Waals surface area contributed by atoms with Crippen LogP contribution in [0.5, 0.6) is 11.5 Å². The summed E-state index contributed by atoms with van der Waals surface area (Å²) in [6.45, 7) is 13.1. The van der Waals surface area contributed by atoms with Crippen molar-refractivity contribution in [2.75, 3.05) is 13.2 Å². The van der Waals surface area contributed by atoms with Crippen LogP contribution >= 0.6 is 0 Å². The van der Waals surface area contributed by atoms with Crippen LogP contribution in [0.2, 0.25) is 0 Å². The van der Waals surface area contributed by atoms with Gasteiger partial charge in [-0.1, -0.05) is 32.9 Å².